The number of carbonyl (C=O) groups is 4. The van der Waals surface area contributed by atoms with Gasteiger partial charge in [-0.15, -0.1) is 0 Å². The molecule has 2 amide bonds. The summed E-state index contributed by atoms with van der Waals surface area (Å²) in [6.07, 6.45) is -2.22. The van der Waals surface area contributed by atoms with Crippen LogP contribution in [0.15, 0.2) is 42.5 Å². The lowest BCUT2D eigenvalue weighted by Gasteiger charge is -2.39. The number of rotatable bonds is 11. The van der Waals surface area contributed by atoms with E-state index in [-0.39, 0.29) is 73.0 Å². The van der Waals surface area contributed by atoms with E-state index in [1.807, 2.05) is 13.8 Å². The molecule has 0 spiro atoms. The number of halogens is 4. The van der Waals surface area contributed by atoms with Gasteiger partial charge in [-0.3, -0.25) is 19.2 Å². The smallest absolute Gasteiger partial charge is 0.358 e. The second-order valence-corrected chi connectivity index (χ2v) is 13.2. The maximum absolute atomic E-state index is 14.3. The first-order valence-corrected chi connectivity index (χ1v) is 16.4. The lowest BCUT2D eigenvalue weighted by molar-refractivity contribution is -0.138. The highest BCUT2D eigenvalue weighted by atomic mass is 19.4. The first kappa shape index (κ1) is 34.3. The molecule has 3 aromatic rings. The molecule has 1 aliphatic heterocycles. The third-order valence-corrected chi connectivity index (χ3v) is 10.1. The zero-order valence-corrected chi connectivity index (χ0v) is 26.7. The third-order valence-electron chi connectivity index (χ3n) is 10.1. The number of aryl methyl sites for hydroxylation is 1. The predicted molar refractivity (Wildman–Crippen MR) is 169 cm³/mol. The molecule has 1 unspecified atom stereocenters. The summed E-state index contributed by atoms with van der Waals surface area (Å²) in [5.74, 6) is -3.62. The summed E-state index contributed by atoms with van der Waals surface area (Å²) in [7, 11) is 0. The highest BCUT2D eigenvalue weighted by molar-refractivity contribution is 5.99. The number of Topliss-reactive ketones (excluding diaryl/α,β-unsaturated/α-hetero) is 2. The Morgan fingerprint density at radius 2 is 1.85 bits per heavy atom. The van der Waals surface area contributed by atoms with E-state index in [0.29, 0.717) is 36.0 Å². The molecule has 4 atom stereocenters. The summed E-state index contributed by atoms with van der Waals surface area (Å²) in [4.78, 5) is 57.4. The number of ketones is 2. The van der Waals surface area contributed by atoms with E-state index in [1.165, 1.54) is 24.3 Å². The normalized spacial score (nSPS) is 21.3. The Hall–Kier alpha value is -4.02. The fourth-order valence-electron chi connectivity index (χ4n) is 7.08. The van der Waals surface area contributed by atoms with E-state index in [9.17, 15) is 36.7 Å². The number of alkyl halides is 3. The number of aromatic nitrogens is 1. The first-order valence-electron chi connectivity index (χ1n) is 16.4. The van der Waals surface area contributed by atoms with E-state index < -0.39 is 40.8 Å². The summed E-state index contributed by atoms with van der Waals surface area (Å²) < 4.78 is 56.0. The topological polar surface area (TPSA) is 108 Å². The Balaban J connectivity index is 1.48. The summed E-state index contributed by atoms with van der Waals surface area (Å²) in [6, 6.07) is 9.86. The highest BCUT2D eigenvalue weighted by Crippen LogP contribution is 2.41. The zero-order chi connectivity index (χ0) is 33.9. The molecule has 5 rings (SSSR count). The van der Waals surface area contributed by atoms with Gasteiger partial charge in [-0.25, -0.2) is 4.39 Å². The molecule has 252 valence electrons. The van der Waals surface area contributed by atoms with Crippen molar-refractivity contribution in [1.82, 2.24) is 15.6 Å². The maximum Gasteiger partial charge on any atom is 0.418 e. The molecular weight excluding hydrogens is 614 g/mol. The molecule has 1 saturated heterocycles. The molecular formula is C36H41F4N3O4. The average molecular weight is 656 g/mol. The molecule has 0 bridgehead atoms. The summed E-state index contributed by atoms with van der Waals surface area (Å²) in [5, 5.41) is 6.18. The fraction of sp³-hybridized carbons (Fsp3) is 0.500. The standard InChI is InChI=1S/C36H41F4N3O4/c1-3-21(2)26(19-24(44)17-22-9-4-5-13-29(22)37)34(47)43-35(31(45)18-23-10-6-7-16-41-33(23)46)15-14-30-27(20-35)25-11-8-12-28(32(25)42-30)36(38,39)40/h4-5,8-9,11-13,21,23,26,42H,3,6-7,10,14-20H2,1-2H3,(H,41,46)(H,43,47)/t21?,23-,26+,35-/m1/s1. The molecule has 2 aromatic carbocycles. The molecule has 3 N–H and O–H groups in total. The predicted octanol–water partition coefficient (Wildman–Crippen LogP) is 6.41. The van der Waals surface area contributed by atoms with Gasteiger partial charge in [-0.1, -0.05) is 57.0 Å². The Morgan fingerprint density at radius 3 is 2.57 bits per heavy atom. The van der Waals surface area contributed by atoms with Crippen molar-refractivity contribution in [2.75, 3.05) is 6.54 Å². The number of benzene rings is 2. The number of hydrogen-bond acceptors (Lipinski definition) is 4. The summed E-state index contributed by atoms with van der Waals surface area (Å²) in [5.41, 5.74) is -1.07. The van der Waals surface area contributed by atoms with Gasteiger partial charge in [0, 0.05) is 55.1 Å². The zero-order valence-electron chi connectivity index (χ0n) is 26.7. The van der Waals surface area contributed by atoms with E-state index in [0.717, 1.165) is 18.9 Å². The molecule has 7 nitrogen and oxygen atoms in total. The van der Waals surface area contributed by atoms with Crippen LogP contribution in [0.4, 0.5) is 17.6 Å². The van der Waals surface area contributed by atoms with Crippen LogP contribution in [-0.4, -0.2) is 40.4 Å². The number of carbonyl (C=O) groups excluding carboxylic acids is 4. The largest absolute Gasteiger partial charge is 0.418 e. The van der Waals surface area contributed by atoms with Gasteiger partial charge in [0.1, 0.15) is 17.1 Å². The Labute approximate surface area is 271 Å². The van der Waals surface area contributed by atoms with Crippen molar-refractivity contribution < 1.29 is 36.7 Å². The van der Waals surface area contributed by atoms with Crippen molar-refractivity contribution in [3.05, 3.63) is 70.7 Å². The van der Waals surface area contributed by atoms with Crippen molar-refractivity contribution in [3.8, 4) is 0 Å². The quantitative estimate of drug-likeness (QED) is 0.208. The Kier molecular flexibility index (Phi) is 10.2. The van der Waals surface area contributed by atoms with Gasteiger partial charge in [0.05, 0.1) is 11.1 Å². The summed E-state index contributed by atoms with van der Waals surface area (Å²) in [6.45, 7) is 4.24. The third kappa shape index (κ3) is 7.44. The van der Waals surface area contributed by atoms with Gasteiger partial charge < -0.3 is 15.6 Å². The van der Waals surface area contributed by atoms with E-state index in [1.54, 1.807) is 12.1 Å². The van der Waals surface area contributed by atoms with E-state index in [2.05, 4.69) is 15.6 Å². The number of fused-ring (bicyclic) bond motifs is 3. The number of aromatic amines is 1. The molecule has 1 aromatic heterocycles. The van der Waals surface area contributed by atoms with Crippen LogP contribution >= 0.6 is 0 Å². The van der Waals surface area contributed by atoms with Gasteiger partial charge >= 0.3 is 6.18 Å². The van der Waals surface area contributed by atoms with E-state index >= 15 is 0 Å². The number of H-pyrrole nitrogens is 1. The van der Waals surface area contributed by atoms with Gasteiger partial charge in [0.2, 0.25) is 11.8 Å². The lowest BCUT2D eigenvalue weighted by Crippen LogP contribution is -2.60. The van der Waals surface area contributed by atoms with Gasteiger partial charge in [0.25, 0.3) is 0 Å². The van der Waals surface area contributed by atoms with E-state index in [4.69, 9.17) is 0 Å². The maximum atomic E-state index is 14.3. The molecule has 0 radical (unpaired) electrons. The fourth-order valence-corrected chi connectivity index (χ4v) is 7.08. The highest BCUT2D eigenvalue weighted by Gasteiger charge is 2.46. The number of para-hydroxylation sites is 1. The van der Waals surface area contributed by atoms with Crippen molar-refractivity contribution in [1.29, 1.82) is 0 Å². The van der Waals surface area contributed by atoms with Crippen molar-refractivity contribution in [2.45, 2.75) is 89.8 Å². The van der Waals surface area contributed by atoms with Crippen LogP contribution < -0.4 is 10.6 Å². The lowest BCUT2D eigenvalue weighted by atomic mass is 9.73. The Bertz CT molecular complexity index is 1670. The SMILES string of the molecule is CCC(C)[C@H](CC(=O)Cc1ccccc1F)C(=O)N[C@]1(C(=O)C[C@H]2CCCCNC2=O)CCc2[nH]c3c(C(F)(F)F)cccc3c2C1. The van der Waals surface area contributed by atoms with Crippen LogP contribution in [0.25, 0.3) is 10.9 Å². The minimum absolute atomic E-state index is 0.0566. The van der Waals surface area contributed by atoms with Crippen LogP contribution in [0, 0.1) is 23.6 Å². The van der Waals surface area contributed by atoms with Crippen molar-refractivity contribution in [3.63, 3.8) is 0 Å². The first-order chi connectivity index (χ1) is 22.3. The number of amides is 2. The Morgan fingerprint density at radius 1 is 1.09 bits per heavy atom. The molecule has 2 aliphatic rings. The minimum atomic E-state index is -4.60. The average Bonchev–Trinajstić information content (AvgIpc) is 3.28. The van der Waals surface area contributed by atoms with Gasteiger partial charge in [-0.05, 0) is 54.9 Å². The second-order valence-electron chi connectivity index (χ2n) is 13.2. The molecule has 1 fully saturated rings. The molecule has 0 saturated carbocycles. The van der Waals surface area contributed by atoms with Gasteiger partial charge in [0.15, 0.2) is 5.78 Å². The van der Waals surface area contributed by atoms with Crippen LogP contribution in [0.1, 0.15) is 81.2 Å². The molecule has 47 heavy (non-hydrogen) atoms. The summed E-state index contributed by atoms with van der Waals surface area (Å²) >= 11 is 0. The molecule has 2 heterocycles. The molecule has 11 heteroatoms. The molecule has 1 aliphatic carbocycles. The van der Waals surface area contributed by atoms with Crippen molar-refractivity contribution >= 4 is 34.3 Å². The number of hydrogen-bond donors (Lipinski definition) is 3. The minimum Gasteiger partial charge on any atom is -0.358 e. The van der Waals surface area contributed by atoms with Crippen LogP contribution in [0.3, 0.4) is 0 Å². The van der Waals surface area contributed by atoms with Crippen LogP contribution in [0.5, 0.6) is 0 Å². The van der Waals surface area contributed by atoms with Crippen LogP contribution in [-0.2, 0) is 44.6 Å². The number of nitrogens with one attached hydrogen (secondary N) is 3. The van der Waals surface area contributed by atoms with Gasteiger partial charge in [-0.2, -0.15) is 13.2 Å². The monoisotopic (exact) mass is 655 g/mol. The van der Waals surface area contributed by atoms with Crippen LogP contribution in [0.2, 0.25) is 0 Å². The second kappa shape index (κ2) is 14.0. The van der Waals surface area contributed by atoms with Crippen molar-refractivity contribution in [2.24, 2.45) is 17.8 Å².